The average molecular weight is 522 g/mol. The zero-order valence-electron chi connectivity index (χ0n) is 21.5. The first-order valence-corrected chi connectivity index (χ1v) is 13.8. The maximum Gasteiger partial charge on any atom is 0.242 e. The second-order valence-electron chi connectivity index (χ2n) is 8.78. The molecule has 0 saturated carbocycles. The van der Waals surface area contributed by atoms with Crippen LogP contribution in [0.3, 0.4) is 0 Å². The zero-order valence-corrected chi connectivity index (χ0v) is 22.3. The van der Waals surface area contributed by atoms with Gasteiger partial charge in [-0.25, -0.2) is 12.8 Å². The number of methoxy groups -OCH3 is 1. The van der Waals surface area contributed by atoms with Gasteiger partial charge in [-0.05, 0) is 68.7 Å². The van der Waals surface area contributed by atoms with E-state index in [1.165, 1.54) is 28.4 Å². The van der Waals surface area contributed by atoms with Crippen molar-refractivity contribution < 1.29 is 27.1 Å². The van der Waals surface area contributed by atoms with Crippen molar-refractivity contribution in [3.63, 3.8) is 0 Å². The lowest BCUT2D eigenvalue weighted by atomic mass is 10.1. The Kier molecular flexibility index (Phi) is 10.7. The minimum Gasteiger partial charge on any atom is -0.497 e. The van der Waals surface area contributed by atoms with Gasteiger partial charge in [-0.2, -0.15) is 0 Å². The van der Waals surface area contributed by atoms with E-state index < -0.39 is 21.9 Å². The van der Waals surface area contributed by atoms with Gasteiger partial charge in [-0.3, -0.25) is 13.9 Å². The first-order chi connectivity index (χ1) is 17.0. The highest BCUT2D eigenvalue weighted by Gasteiger charge is 2.27. The maximum absolute atomic E-state index is 13.4. The predicted octanol–water partition coefficient (Wildman–Crippen LogP) is 3.71. The van der Waals surface area contributed by atoms with Crippen LogP contribution in [-0.2, 0) is 26.2 Å². The number of halogens is 1. The summed E-state index contributed by atoms with van der Waals surface area (Å²) in [7, 11) is -2.06. The Morgan fingerprint density at radius 3 is 2.19 bits per heavy atom. The largest absolute Gasteiger partial charge is 0.497 e. The van der Waals surface area contributed by atoms with E-state index >= 15 is 0 Å². The second-order valence-corrected chi connectivity index (χ2v) is 10.7. The summed E-state index contributed by atoms with van der Waals surface area (Å²) < 4.78 is 44.6. The van der Waals surface area contributed by atoms with Gasteiger partial charge in [0.1, 0.15) is 17.6 Å². The molecule has 0 aliphatic carbocycles. The van der Waals surface area contributed by atoms with Gasteiger partial charge in [0.15, 0.2) is 0 Å². The molecule has 0 saturated heterocycles. The van der Waals surface area contributed by atoms with Crippen LogP contribution in [0.5, 0.6) is 5.75 Å². The summed E-state index contributed by atoms with van der Waals surface area (Å²) in [4.78, 5) is 27.5. The van der Waals surface area contributed by atoms with Crippen LogP contribution >= 0.6 is 0 Å². The van der Waals surface area contributed by atoms with Gasteiger partial charge < -0.3 is 15.0 Å². The van der Waals surface area contributed by atoms with Gasteiger partial charge >= 0.3 is 0 Å². The molecule has 198 valence electrons. The lowest BCUT2D eigenvalue weighted by molar-refractivity contribution is -0.140. The number of rotatable bonds is 13. The number of nitrogens with zero attached hydrogens (tertiary/aromatic N) is 2. The fraction of sp³-hybridized carbons (Fsp3) is 0.462. The van der Waals surface area contributed by atoms with Crippen LogP contribution in [0.2, 0.25) is 0 Å². The molecule has 0 fully saturated rings. The van der Waals surface area contributed by atoms with E-state index in [0.29, 0.717) is 17.0 Å². The third-order valence-corrected chi connectivity index (χ3v) is 7.14. The Balaban J connectivity index is 2.16. The topological polar surface area (TPSA) is 96.0 Å². The molecule has 10 heteroatoms. The molecule has 2 aromatic carbocycles. The Bertz CT molecular complexity index is 1110. The van der Waals surface area contributed by atoms with Crippen LogP contribution in [-0.4, -0.2) is 57.1 Å². The normalized spacial score (nSPS) is 12.9. The Hall–Kier alpha value is -3.14. The molecule has 0 heterocycles. The van der Waals surface area contributed by atoms with Crippen molar-refractivity contribution in [3.8, 4) is 5.75 Å². The van der Waals surface area contributed by atoms with Gasteiger partial charge in [0.05, 0.1) is 19.1 Å². The van der Waals surface area contributed by atoms with Crippen LogP contribution in [0.25, 0.3) is 0 Å². The van der Waals surface area contributed by atoms with Gasteiger partial charge in [0.2, 0.25) is 21.8 Å². The van der Waals surface area contributed by atoms with Gasteiger partial charge in [-0.15, -0.1) is 0 Å². The average Bonchev–Trinajstić information content (AvgIpc) is 2.85. The van der Waals surface area contributed by atoms with Gasteiger partial charge in [-0.1, -0.05) is 19.1 Å². The molecular weight excluding hydrogens is 485 g/mol. The lowest BCUT2D eigenvalue weighted by Gasteiger charge is -2.30. The molecule has 0 aliphatic rings. The van der Waals surface area contributed by atoms with E-state index in [4.69, 9.17) is 4.74 Å². The van der Waals surface area contributed by atoms with Crippen LogP contribution in [0.15, 0.2) is 48.5 Å². The number of amides is 2. The molecule has 0 bridgehead atoms. The molecule has 2 rings (SSSR count). The molecule has 0 aromatic heterocycles. The summed E-state index contributed by atoms with van der Waals surface area (Å²) >= 11 is 0. The third-order valence-electron chi connectivity index (χ3n) is 5.95. The van der Waals surface area contributed by atoms with Crippen LogP contribution in [0.1, 0.15) is 45.6 Å². The molecule has 0 unspecified atom stereocenters. The van der Waals surface area contributed by atoms with Crippen molar-refractivity contribution in [2.45, 2.75) is 58.7 Å². The quantitative estimate of drug-likeness (QED) is 0.434. The smallest absolute Gasteiger partial charge is 0.242 e. The molecule has 2 atom stereocenters. The first kappa shape index (κ1) is 29.1. The number of anilines is 1. The van der Waals surface area contributed by atoms with Gasteiger partial charge in [0, 0.05) is 25.6 Å². The molecule has 2 amide bonds. The fourth-order valence-electron chi connectivity index (χ4n) is 3.59. The number of nitrogens with one attached hydrogen (secondary N) is 1. The highest BCUT2D eigenvalue weighted by molar-refractivity contribution is 7.92. The number of benzene rings is 2. The molecule has 8 nitrogen and oxygen atoms in total. The fourth-order valence-corrected chi connectivity index (χ4v) is 4.55. The van der Waals surface area contributed by atoms with E-state index in [1.54, 1.807) is 43.3 Å². The van der Waals surface area contributed by atoms with E-state index in [0.717, 1.165) is 12.7 Å². The van der Waals surface area contributed by atoms with E-state index in [9.17, 15) is 22.4 Å². The van der Waals surface area contributed by atoms with Crippen molar-refractivity contribution >= 4 is 27.5 Å². The molecule has 1 N–H and O–H groups in total. The first-order valence-electron chi connectivity index (χ1n) is 11.9. The number of ether oxygens (including phenoxy) is 1. The number of hydrogen-bond acceptors (Lipinski definition) is 5. The summed E-state index contributed by atoms with van der Waals surface area (Å²) in [5.74, 6) is -0.368. The molecule has 2 aromatic rings. The number of carbonyl (C=O) groups excluding carboxylic acids is 2. The van der Waals surface area contributed by atoms with Crippen LogP contribution in [0.4, 0.5) is 10.1 Å². The van der Waals surface area contributed by atoms with Gasteiger partial charge in [0.25, 0.3) is 0 Å². The van der Waals surface area contributed by atoms with Crippen LogP contribution in [0, 0.1) is 5.82 Å². The van der Waals surface area contributed by atoms with Crippen molar-refractivity contribution in [1.29, 1.82) is 0 Å². The molecule has 0 spiro atoms. The molecular formula is C26H36FN3O5S. The van der Waals surface area contributed by atoms with Crippen molar-refractivity contribution in [3.05, 3.63) is 59.9 Å². The highest BCUT2D eigenvalue weighted by Crippen LogP contribution is 2.22. The van der Waals surface area contributed by atoms with Crippen LogP contribution < -0.4 is 14.4 Å². The Morgan fingerprint density at radius 1 is 1.06 bits per heavy atom. The summed E-state index contributed by atoms with van der Waals surface area (Å²) in [6, 6.07) is 11.6. The van der Waals surface area contributed by atoms with Crippen molar-refractivity contribution in [2.24, 2.45) is 0 Å². The van der Waals surface area contributed by atoms with Crippen molar-refractivity contribution in [2.75, 3.05) is 24.2 Å². The lowest BCUT2D eigenvalue weighted by Crippen LogP contribution is -2.49. The second kappa shape index (κ2) is 13.2. The van der Waals surface area contributed by atoms with E-state index in [1.807, 2.05) is 13.8 Å². The molecule has 0 aliphatic heterocycles. The minimum absolute atomic E-state index is 0.0321. The number of hydrogen-bond donors (Lipinski definition) is 1. The predicted molar refractivity (Wildman–Crippen MR) is 139 cm³/mol. The Morgan fingerprint density at radius 2 is 1.67 bits per heavy atom. The highest BCUT2D eigenvalue weighted by atomic mass is 32.2. The summed E-state index contributed by atoms with van der Waals surface area (Å²) in [5, 5.41) is 2.89. The van der Waals surface area contributed by atoms with E-state index in [2.05, 4.69) is 5.32 Å². The standard InChI is InChI=1S/C26H36FN3O5S/c1-6-19(2)28-26(32)20(3)29(18-21-9-11-22(27)12-10-21)25(31)8-7-17-30(36(5,33)34)23-13-15-24(35-4)16-14-23/h9-16,19-20H,6-8,17-18H2,1-5H3,(H,28,32)/t19-,20+/m1/s1. The minimum atomic E-state index is -3.59. The van der Waals surface area contributed by atoms with Crippen molar-refractivity contribution in [1.82, 2.24) is 10.2 Å². The third kappa shape index (κ3) is 8.51. The summed E-state index contributed by atoms with van der Waals surface area (Å²) in [5.41, 5.74) is 1.15. The Labute approximate surface area is 213 Å². The monoisotopic (exact) mass is 521 g/mol. The summed E-state index contributed by atoms with van der Waals surface area (Å²) in [6.45, 7) is 5.71. The molecule has 0 radical (unpaired) electrons. The van der Waals surface area contributed by atoms with E-state index in [-0.39, 0.29) is 43.8 Å². The zero-order chi connectivity index (χ0) is 26.9. The number of carbonyl (C=O) groups is 2. The SMILES string of the molecule is CC[C@@H](C)NC(=O)[C@H](C)N(Cc1ccc(F)cc1)C(=O)CCCN(c1ccc(OC)cc1)S(C)(=O)=O. The number of sulfonamides is 1. The summed E-state index contributed by atoms with van der Waals surface area (Å²) in [6.07, 6.45) is 2.14. The molecule has 36 heavy (non-hydrogen) atoms. The maximum atomic E-state index is 13.4.